The molecule has 17 heavy (non-hydrogen) atoms. The first kappa shape index (κ1) is 15.7. The third-order valence-corrected chi connectivity index (χ3v) is 2.07. The molecule has 0 fully saturated rings. The summed E-state index contributed by atoms with van der Waals surface area (Å²) in [4.78, 5) is 25.2. The number of isocyanates is 1. The summed E-state index contributed by atoms with van der Waals surface area (Å²) in [5, 5.41) is 2.71. The fourth-order valence-corrected chi connectivity index (χ4v) is 1.11. The van der Waals surface area contributed by atoms with Crippen molar-refractivity contribution in [2.24, 2.45) is 10.4 Å². The highest BCUT2D eigenvalue weighted by Crippen LogP contribution is 2.20. The van der Waals surface area contributed by atoms with E-state index in [2.05, 4.69) is 10.3 Å². The molecule has 0 spiro atoms. The van der Waals surface area contributed by atoms with E-state index in [1.165, 1.54) is 6.08 Å². The fourth-order valence-electron chi connectivity index (χ4n) is 1.11. The first-order valence-electron chi connectivity index (χ1n) is 5.59. The summed E-state index contributed by atoms with van der Waals surface area (Å²) >= 11 is 0. The van der Waals surface area contributed by atoms with Gasteiger partial charge in [-0.05, 0) is 26.2 Å². The predicted octanol–water partition coefficient (Wildman–Crippen LogP) is 2.26. The van der Waals surface area contributed by atoms with E-state index in [-0.39, 0.29) is 18.0 Å². The summed E-state index contributed by atoms with van der Waals surface area (Å²) in [6.45, 7) is 11.4. The van der Waals surface area contributed by atoms with E-state index in [9.17, 15) is 9.59 Å². The van der Waals surface area contributed by atoms with Crippen LogP contribution in [0.2, 0.25) is 0 Å². The molecular weight excluding hydrogens is 220 g/mol. The van der Waals surface area contributed by atoms with Crippen LogP contribution in [-0.4, -0.2) is 30.4 Å². The van der Waals surface area contributed by atoms with Gasteiger partial charge in [0.2, 0.25) is 6.08 Å². The van der Waals surface area contributed by atoms with E-state index in [1.54, 1.807) is 20.8 Å². The van der Waals surface area contributed by atoms with Crippen molar-refractivity contribution in [1.29, 1.82) is 0 Å². The van der Waals surface area contributed by atoms with Gasteiger partial charge in [-0.2, -0.15) is 0 Å². The maximum Gasteiger partial charge on any atom is 0.407 e. The number of carbonyl (C=O) groups excluding carboxylic acids is 2. The molecule has 98 valence electrons. The van der Waals surface area contributed by atoms with E-state index in [1.807, 2.05) is 20.8 Å². The lowest BCUT2D eigenvalue weighted by molar-refractivity contribution is 0.0468. The summed E-state index contributed by atoms with van der Waals surface area (Å²) in [5.74, 6) is 0. The zero-order valence-corrected chi connectivity index (χ0v) is 11.5. The zero-order valence-electron chi connectivity index (χ0n) is 11.5. The van der Waals surface area contributed by atoms with Crippen molar-refractivity contribution in [3.63, 3.8) is 0 Å². The van der Waals surface area contributed by atoms with Crippen LogP contribution in [0.3, 0.4) is 0 Å². The Hall–Kier alpha value is -1.35. The first-order chi connectivity index (χ1) is 7.56. The van der Waals surface area contributed by atoms with Crippen LogP contribution in [0.15, 0.2) is 4.99 Å². The molecule has 0 heterocycles. The number of rotatable bonds is 3. The minimum atomic E-state index is -0.541. The molecule has 0 aliphatic rings. The summed E-state index contributed by atoms with van der Waals surface area (Å²) < 4.78 is 5.15. The van der Waals surface area contributed by atoms with Gasteiger partial charge in [-0.3, -0.25) is 0 Å². The van der Waals surface area contributed by atoms with Crippen LogP contribution in [0.5, 0.6) is 0 Å². The highest BCUT2D eigenvalue weighted by Gasteiger charge is 2.28. The van der Waals surface area contributed by atoms with Crippen molar-refractivity contribution in [2.45, 2.75) is 53.2 Å². The standard InChI is InChI=1S/C12H22N2O3/c1-11(2,3)9(7-13-8-15)14-10(16)17-12(4,5)6/h9H,7H2,1-6H3,(H,14,16). The molecule has 0 saturated carbocycles. The van der Waals surface area contributed by atoms with Gasteiger partial charge in [0.1, 0.15) is 5.60 Å². The van der Waals surface area contributed by atoms with Crippen LogP contribution >= 0.6 is 0 Å². The number of aliphatic imine (C=N–C) groups is 1. The Balaban J connectivity index is 4.54. The lowest BCUT2D eigenvalue weighted by Crippen LogP contribution is -2.47. The molecule has 5 nitrogen and oxygen atoms in total. The van der Waals surface area contributed by atoms with E-state index in [0.717, 1.165) is 0 Å². The van der Waals surface area contributed by atoms with Crippen LogP contribution in [-0.2, 0) is 9.53 Å². The van der Waals surface area contributed by atoms with Crippen molar-refractivity contribution >= 4 is 12.2 Å². The smallest absolute Gasteiger partial charge is 0.407 e. The van der Waals surface area contributed by atoms with Crippen molar-refractivity contribution in [3.05, 3.63) is 0 Å². The Morgan fingerprint density at radius 3 is 2.18 bits per heavy atom. The Kier molecular flexibility index (Phi) is 5.36. The lowest BCUT2D eigenvalue weighted by Gasteiger charge is -2.31. The molecule has 5 heteroatoms. The van der Waals surface area contributed by atoms with Gasteiger partial charge in [0.15, 0.2) is 0 Å². The molecule has 0 aromatic carbocycles. The van der Waals surface area contributed by atoms with Crippen LogP contribution in [0.25, 0.3) is 0 Å². The Labute approximate surface area is 103 Å². The van der Waals surface area contributed by atoms with Gasteiger partial charge < -0.3 is 10.1 Å². The normalized spacial score (nSPS) is 13.5. The number of hydrogen-bond acceptors (Lipinski definition) is 4. The van der Waals surface area contributed by atoms with Gasteiger partial charge in [0, 0.05) is 0 Å². The third-order valence-electron chi connectivity index (χ3n) is 2.07. The number of alkyl carbamates (subject to hydrolysis) is 1. The van der Waals surface area contributed by atoms with Crippen LogP contribution < -0.4 is 5.32 Å². The SMILES string of the molecule is CC(C)(C)OC(=O)NC(CN=C=O)C(C)(C)C. The zero-order chi connectivity index (χ0) is 13.7. The summed E-state index contributed by atoms with van der Waals surface area (Å²) in [6, 6.07) is -0.265. The molecule has 0 aliphatic heterocycles. The van der Waals surface area contributed by atoms with Gasteiger partial charge in [0.25, 0.3) is 0 Å². The molecule has 0 bridgehead atoms. The average Bonchev–Trinajstić information content (AvgIpc) is 2.07. The quantitative estimate of drug-likeness (QED) is 0.609. The van der Waals surface area contributed by atoms with Gasteiger partial charge in [-0.1, -0.05) is 20.8 Å². The molecule has 0 aromatic rings. The summed E-state index contributed by atoms with van der Waals surface area (Å²) in [7, 11) is 0. The van der Waals surface area contributed by atoms with Gasteiger partial charge in [-0.25, -0.2) is 14.6 Å². The van der Waals surface area contributed by atoms with Gasteiger partial charge in [-0.15, -0.1) is 0 Å². The topological polar surface area (TPSA) is 67.8 Å². The molecular formula is C12H22N2O3. The Bertz CT molecular complexity index is 307. The highest BCUT2D eigenvalue weighted by atomic mass is 16.6. The third kappa shape index (κ3) is 7.53. The van der Waals surface area contributed by atoms with Crippen molar-refractivity contribution < 1.29 is 14.3 Å². The molecule has 0 saturated heterocycles. The maximum atomic E-state index is 11.6. The highest BCUT2D eigenvalue weighted by molar-refractivity contribution is 5.68. The molecule has 0 aliphatic carbocycles. The Morgan fingerprint density at radius 2 is 1.82 bits per heavy atom. The summed E-state index contributed by atoms with van der Waals surface area (Å²) in [5.41, 5.74) is -0.752. The lowest BCUT2D eigenvalue weighted by atomic mass is 9.87. The van der Waals surface area contributed by atoms with E-state index < -0.39 is 11.7 Å². The molecule has 0 aromatic heterocycles. The molecule has 1 atom stereocenters. The van der Waals surface area contributed by atoms with Crippen LogP contribution in [0.4, 0.5) is 4.79 Å². The fraction of sp³-hybridized carbons (Fsp3) is 0.833. The van der Waals surface area contributed by atoms with Crippen LogP contribution in [0, 0.1) is 5.41 Å². The minimum absolute atomic E-state index is 0.201. The number of nitrogens with zero attached hydrogens (tertiary/aromatic N) is 1. The number of nitrogens with one attached hydrogen (secondary N) is 1. The molecule has 1 unspecified atom stereocenters. The molecule has 0 rings (SSSR count). The second-order valence-corrected chi connectivity index (χ2v) is 6.00. The van der Waals surface area contributed by atoms with Crippen molar-refractivity contribution in [1.82, 2.24) is 5.32 Å². The average molecular weight is 242 g/mol. The molecule has 0 radical (unpaired) electrons. The number of ether oxygens (including phenoxy) is 1. The second kappa shape index (κ2) is 5.82. The number of amides is 1. The van der Waals surface area contributed by atoms with Crippen molar-refractivity contribution in [2.75, 3.05) is 6.54 Å². The Morgan fingerprint density at radius 1 is 1.29 bits per heavy atom. The van der Waals surface area contributed by atoms with E-state index in [0.29, 0.717) is 0 Å². The monoisotopic (exact) mass is 242 g/mol. The number of hydrogen-bond donors (Lipinski definition) is 1. The predicted molar refractivity (Wildman–Crippen MR) is 65.6 cm³/mol. The van der Waals surface area contributed by atoms with E-state index >= 15 is 0 Å². The summed E-state index contributed by atoms with van der Waals surface area (Å²) in [6.07, 6.45) is 0.973. The second-order valence-electron chi connectivity index (χ2n) is 6.00. The van der Waals surface area contributed by atoms with Gasteiger partial charge >= 0.3 is 6.09 Å². The maximum absolute atomic E-state index is 11.6. The largest absolute Gasteiger partial charge is 0.444 e. The molecule has 1 amide bonds. The van der Waals surface area contributed by atoms with Crippen LogP contribution in [0.1, 0.15) is 41.5 Å². The van der Waals surface area contributed by atoms with Crippen molar-refractivity contribution in [3.8, 4) is 0 Å². The number of carbonyl (C=O) groups is 1. The van der Waals surface area contributed by atoms with Gasteiger partial charge in [0.05, 0.1) is 12.6 Å². The first-order valence-corrected chi connectivity index (χ1v) is 5.59. The molecule has 1 N–H and O–H groups in total. The minimum Gasteiger partial charge on any atom is -0.444 e. The van der Waals surface area contributed by atoms with E-state index in [4.69, 9.17) is 4.74 Å².